The van der Waals surface area contributed by atoms with Crippen molar-refractivity contribution in [3.63, 3.8) is 0 Å². The topological polar surface area (TPSA) is 26.0 Å². The zero-order chi connectivity index (χ0) is 14.9. The molecule has 0 saturated heterocycles. The van der Waals surface area contributed by atoms with Crippen LogP contribution in [-0.2, 0) is 0 Å². The quantitative estimate of drug-likeness (QED) is 0.500. The molecule has 0 N–H and O–H groups in total. The summed E-state index contributed by atoms with van der Waals surface area (Å²) in [5.41, 5.74) is 4.22. The van der Waals surface area contributed by atoms with E-state index in [-0.39, 0.29) is 5.82 Å². The highest BCUT2D eigenvalue weighted by Crippen LogP contribution is 2.28. The molecule has 0 spiro atoms. The van der Waals surface area contributed by atoms with E-state index in [1.807, 2.05) is 54.6 Å². The predicted octanol–water partition coefficient (Wildman–Crippen LogP) is 5.30. The lowest BCUT2D eigenvalue weighted by Gasteiger charge is -2.03. The summed E-state index contributed by atoms with van der Waals surface area (Å²) < 4.78 is 19.2. The molecule has 0 aliphatic carbocycles. The van der Waals surface area contributed by atoms with Crippen LogP contribution in [0.2, 0.25) is 0 Å². The molecule has 0 aliphatic rings. The lowest BCUT2D eigenvalue weighted by Crippen LogP contribution is -1.82. The predicted molar refractivity (Wildman–Crippen MR) is 84.8 cm³/mol. The van der Waals surface area contributed by atoms with E-state index in [9.17, 15) is 4.39 Å². The highest BCUT2D eigenvalue weighted by molar-refractivity contribution is 5.77. The van der Waals surface area contributed by atoms with Crippen molar-refractivity contribution in [2.75, 3.05) is 0 Å². The Morgan fingerprint density at radius 3 is 2.27 bits per heavy atom. The summed E-state index contributed by atoms with van der Waals surface area (Å²) in [4.78, 5) is 4.49. The molecule has 0 saturated carbocycles. The van der Waals surface area contributed by atoms with Crippen LogP contribution in [0.4, 0.5) is 4.39 Å². The molecule has 0 fully saturated rings. The molecule has 2 nitrogen and oxygen atoms in total. The largest absolute Gasteiger partial charge is 0.436 e. The van der Waals surface area contributed by atoms with E-state index in [1.54, 1.807) is 6.07 Å². The van der Waals surface area contributed by atoms with E-state index in [4.69, 9.17) is 4.42 Å². The molecule has 0 atom stereocenters. The van der Waals surface area contributed by atoms with Crippen molar-refractivity contribution >= 4 is 11.1 Å². The third-order valence-corrected chi connectivity index (χ3v) is 3.56. The fourth-order valence-corrected chi connectivity index (χ4v) is 2.50. The molecule has 22 heavy (non-hydrogen) atoms. The van der Waals surface area contributed by atoms with Crippen molar-refractivity contribution in [3.8, 4) is 22.6 Å². The van der Waals surface area contributed by atoms with E-state index in [0.29, 0.717) is 5.89 Å². The van der Waals surface area contributed by atoms with Gasteiger partial charge >= 0.3 is 0 Å². The average molecular weight is 289 g/mol. The maximum Gasteiger partial charge on any atom is 0.227 e. The highest BCUT2D eigenvalue weighted by atomic mass is 19.1. The van der Waals surface area contributed by atoms with E-state index in [1.165, 1.54) is 12.1 Å². The molecule has 0 bridgehead atoms. The second kappa shape index (κ2) is 5.11. The second-order valence-electron chi connectivity index (χ2n) is 5.08. The Balaban J connectivity index is 1.81. The summed E-state index contributed by atoms with van der Waals surface area (Å²) in [6.07, 6.45) is 0. The summed E-state index contributed by atoms with van der Waals surface area (Å²) in [6, 6.07) is 22.0. The van der Waals surface area contributed by atoms with Crippen molar-refractivity contribution in [2.45, 2.75) is 0 Å². The van der Waals surface area contributed by atoms with E-state index in [0.717, 1.165) is 27.8 Å². The van der Waals surface area contributed by atoms with Crippen molar-refractivity contribution < 1.29 is 8.81 Å². The van der Waals surface area contributed by atoms with Gasteiger partial charge in [0.1, 0.15) is 11.3 Å². The van der Waals surface area contributed by atoms with Gasteiger partial charge in [-0.15, -0.1) is 0 Å². The van der Waals surface area contributed by atoms with Crippen LogP contribution in [0.25, 0.3) is 33.7 Å². The second-order valence-corrected chi connectivity index (χ2v) is 5.08. The minimum Gasteiger partial charge on any atom is -0.436 e. The maximum atomic E-state index is 13.4. The first-order valence-electron chi connectivity index (χ1n) is 7.01. The maximum absolute atomic E-state index is 13.4. The molecule has 1 heterocycles. The van der Waals surface area contributed by atoms with Crippen molar-refractivity contribution in [3.05, 3.63) is 78.6 Å². The number of benzene rings is 3. The van der Waals surface area contributed by atoms with Gasteiger partial charge in [0, 0.05) is 5.56 Å². The molecule has 0 aliphatic heterocycles. The Morgan fingerprint density at radius 2 is 1.45 bits per heavy atom. The van der Waals surface area contributed by atoms with Gasteiger partial charge in [-0.1, -0.05) is 36.4 Å². The monoisotopic (exact) mass is 289 g/mol. The Bertz CT molecular complexity index is 925. The normalized spacial score (nSPS) is 11.0. The van der Waals surface area contributed by atoms with Gasteiger partial charge in [0.2, 0.25) is 5.89 Å². The van der Waals surface area contributed by atoms with Gasteiger partial charge in [-0.25, -0.2) is 9.37 Å². The Kier molecular flexibility index (Phi) is 2.97. The molecule has 106 valence electrons. The molecule has 1 aromatic heterocycles. The van der Waals surface area contributed by atoms with Gasteiger partial charge in [0.05, 0.1) is 0 Å². The van der Waals surface area contributed by atoms with Gasteiger partial charge in [-0.2, -0.15) is 0 Å². The molecule has 4 rings (SSSR count). The van der Waals surface area contributed by atoms with Crippen molar-refractivity contribution in [2.24, 2.45) is 0 Å². The van der Waals surface area contributed by atoms with Crippen LogP contribution in [-0.4, -0.2) is 4.98 Å². The molecule has 0 unspecified atom stereocenters. The van der Waals surface area contributed by atoms with Gasteiger partial charge in [-0.05, 0) is 47.5 Å². The highest BCUT2D eigenvalue weighted by Gasteiger charge is 2.09. The van der Waals surface area contributed by atoms with Crippen molar-refractivity contribution in [1.29, 1.82) is 0 Å². The molecule has 0 radical (unpaired) electrons. The molecule has 0 amide bonds. The van der Waals surface area contributed by atoms with E-state index < -0.39 is 0 Å². The number of para-hydroxylation sites is 2. The van der Waals surface area contributed by atoms with E-state index >= 15 is 0 Å². The van der Waals surface area contributed by atoms with Crippen LogP contribution < -0.4 is 0 Å². The number of hydrogen-bond acceptors (Lipinski definition) is 2. The van der Waals surface area contributed by atoms with Crippen LogP contribution in [0.1, 0.15) is 0 Å². The van der Waals surface area contributed by atoms with Crippen LogP contribution in [0.15, 0.2) is 77.2 Å². The lowest BCUT2D eigenvalue weighted by molar-refractivity contribution is 0.620. The molecule has 3 aromatic carbocycles. The summed E-state index contributed by atoms with van der Waals surface area (Å²) in [5, 5.41) is 0. The fourth-order valence-electron chi connectivity index (χ4n) is 2.50. The van der Waals surface area contributed by atoms with Crippen LogP contribution in [0.3, 0.4) is 0 Å². The summed E-state index contributed by atoms with van der Waals surface area (Å²) in [7, 11) is 0. The zero-order valence-corrected chi connectivity index (χ0v) is 11.7. The molecule has 3 heteroatoms. The minimum absolute atomic E-state index is 0.246. The number of aromatic nitrogens is 1. The standard InChI is InChI=1S/C19H12FNO/c20-16-8-4-6-14(12-16)13-5-3-7-15(11-13)19-21-17-9-1-2-10-18(17)22-19/h1-12H. The third-order valence-electron chi connectivity index (χ3n) is 3.56. The average Bonchev–Trinajstić information content (AvgIpc) is 2.99. The van der Waals surface area contributed by atoms with Gasteiger partial charge in [0.25, 0.3) is 0 Å². The number of halogens is 1. The van der Waals surface area contributed by atoms with Crippen molar-refractivity contribution in [1.82, 2.24) is 4.98 Å². The SMILES string of the molecule is Fc1cccc(-c2cccc(-c3nc4ccccc4o3)c2)c1. The number of nitrogens with zero attached hydrogens (tertiary/aromatic N) is 1. The Morgan fingerprint density at radius 1 is 0.727 bits per heavy atom. The number of oxazole rings is 1. The van der Waals surface area contributed by atoms with Gasteiger partial charge in [0.15, 0.2) is 5.58 Å². The van der Waals surface area contributed by atoms with Crippen LogP contribution in [0, 0.1) is 5.82 Å². The summed E-state index contributed by atoms with van der Waals surface area (Å²) >= 11 is 0. The smallest absolute Gasteiger partial charge is 0.227 e. The van der Waals surface area contributed by atoms with Crippen LogP contribution >= 0.6 is 0 Å². The zero-order valence-electron chi connectivity index (χ0n) is 11.7. The summed E-state index contributed by atoms with van der Waals surface area (Å²) in [6.45, 7) is 0. The Labute approximate surface area is 126 Å². The first-order valence-corrected chi connectivity index (χ1v) is 7.01. The first kappa shape index (κ1) is 12.8. The number of hydrogen-bond donors (Lipinski definition) is 0. The minimum atomic E-state index is -0.246. The van der Waals surface area contributed by atoms with Gasteiger partial charge in [-0.3, -0.25) is 0 Å². The Hall–Kier alpha value is -2.94. The summed E-state index contributed by atoms with van der Waals surface area (Å²) in [5.74, 6) is 0.323. The number of rotatable bonds is 2. The van der Waals surface area contributed by atoms with Crippen LogP contribution in [0.5, 0.6) is 0 Å². The lowest BCUT2D eigenvalue weighted by atomic mass is 10.0. The van der Waals surface area contributed by atoms with Gasteiger partial charge < -0.3 is 4.42 Å². The fraction of sp³-hybridized carbons (Fsp3) is 0. The first-order chi connectivity index (χ1) is 10.8. The molecular formula is C19H12FNO. The number of fused-ring (bicyclic) bond motifs is 1. The third kappa shape index (κ3) is 2.27. The molecular weight excluding hydrogens is 277 g/mol. The molecule has 4 aromatic rings. The van der Waals surface area contributed by atoms with E-state index in [2.05, 4.69) is 4.98 Å².